The molecule has 0 amide bonds. The molecule has 6 heteroatoms. The molecule has 0 saturated heterocycles. The Bertz CT molecular complexity index is 405. The maximum atomic E-state index is 5.62. The molecule has 0 atom stereocenters. The molecule has 2 N–H and O–H groups in total. The zero-order chi connectivity index (χ0) is 18.1. The third-order valence-corrected chi connectivity index (χ3v) is 5.84. The average Bonchev–Trinajstić information content (AvgIpc) is 3.33. The van der Waals surface area contributed by atoms with Gasteiger partial charge in [-0.05, 0) is 58.3 Å². The van der Waals surface area contributed by atoms with E-state index in [2.05, 4.69) is 41.3 Å². The van der Waals surface area contributed by atoms with Crippen molar-refractivity contribution in [2.24, 2.45) is 10.4 Å². The van der Waals surface area contributed by atoms with Crippen molar-refractivity contribution in [1.29, 1.82) is 0 Å². The lowest BCUT2D eigenvalue weighted by atomic mass is 9.83. The van der Waals surface area contributed by atoms with E-state index < -0.39 is 0 Å². The summed E-state index contributed by atoms with van der Waals surface area (Å²) in [6.45, 7) is 11.4. The summed E-state index contributed by atoms with van der Waals surface area (Å²) in [4.78, 5) is 7.04. The summed E-state index contributed by atoms with van der Waals surface area (Å²) >= 11 is 0. The van der Waals surface area contributed by atoms with Crippen molar-refractivity contribution in [3.63, 3.8) is 0 Å². The van der Waals surface area contributed by atoms with E-state index in [1.54, 1.807) is 0 Å². The molecule has 0 aromatic heterocycles. The molecular formula is C20H41IN4O. The van der Waals surface area contributed by atoms with Gasteiger partial charge in [0.25, 0.3) is 0 Å². The van der Waals surface area contributed by atoms with Gasteiger partial charge in [0.05, 0.1) is 0 Å². The van der Waals surface area contributed by atoms with Gasteiger partial charge >= 0.3 is 0 Å². The molecule has 2 rings (SSSR count). The molecular weight excluding hydrogens is 439 g/mol. The maximum Gasteiger partial charge on any atom is 0.191 e. The van der Waals surface area contributed by atoms with E-state index in [4.69, 9.17) is 4.74 Å². The van der Waals surface area contributed by atoms with Gasteiger partial charge in [-0.15, -0.1) is 24.0 Å². The summed E-state index contributed by atoms with van der Waals surface area (Å²) in [5.74, 6) is 0.946. The van der Waals surface area contributed by atoms with Crippen molar-refractivity contribution in [3.05, 3.63) is 0 Å². The van der Waals surface area contributed by atoms with Crippen molar-refractivity contribution in [2.75, 3.05) is 39.9 Å². The lowest BCUT2D eigenvalue weighted by molar-refractivity contribution is 0.105. The highest BCUT2D eigenvalue weighted by Crippen LogP contribution is 2.40. The number of aliphatic imine (C=N–C) groups is 1. The SMILES string of the molecule is CCOCCC1(CNC(=NC)NCCN(C(C)C)C2CC2)CCCC1.I. The van der Waals surface area contributed by atoms with Crippen LogP contribution in [0.25, 0.3) is 0 Å². The first kappa shape index (κ1) is 24.0. The number of rotatable bonds is 11. The molecule has 0 aliphatic heterocycles. The quantitative estimate of drug-likeness (QED) is 0.205. The fraction of sp³-hybridized carbons (Fsp3) is 0.950. The largest absolute Gasteiger partial charge is 0.382 e. The van der Waals surface area contributed by atoms with E-state index in [0.29, 0.717) is 11.5 Å². The van der Waals surface area contributed by atoms with Crippen LogP contribution in [0, 0.1) is 5.41 Å². The van der Waals surface area contributed by atoms with Crippen LogP contribution in [0.2, 0.25) is 0 Å². The molecule has 2 saturated carbocycles. The van der Waals surface area contributed by atoms with E-state index in [9.17, 15) is 0 Å². The van der Waals surface area contributed by atoms with Crippen LogP contribution in [0.5, 0.6) is 0 Å². The first-order chi connectivity index (χ1) is 12.1. The number of guanidine groups is 1. The Hall–Kier alpha value is -0.0800. The predicted molar refractivity (Wildman–Crippen MR) is 122 cm³/mol. The molecule has 0 unspecified atom stereocenters. The number of nitrogens with one attached hydrogen (secondary N) is 2. The number of hydrogen-bond acceptors (Lipinski definition) is 3. The van der Waals surface area contributed by atoms with Crippen LogP contribution in [0.3, 0.4) is 0 Å². The summed E-state index contributed by atoms with van der Waals surface area (Å²) in [7, 11) is 1.87. The highest BCUT2D eigenvalue weighted by Gasteiger charge is 2.33. The van der Waals surface area contributed by atoms with Crippen LogP contribution in [0.4, 0.5) is 0 Å². The molecule has 0 spiro atoms. The minimum absolute atomic E-state index is 0. The van der Waals surface area contributed by atoms with E-state index in [1.165, 1.54) is 38.5 Å². The molecule has 5 nitrogen and oxygen atoms in total. The van der Waals surface area contributed by atoms with Crippen LogP contribution < -0.4 is 10.6 Å². The van der Waals surface area contributed by atoms with Gasteiger partial charge in [0.15, 0.2) is 5.96 Å². The molecule has 0 radical (unpaired) electrons. The van der Waals surface area contributed by atoms with Gasteiger partial charge in [-0.1, -0.05) is 12.8 Å². The zero-order valence-corrected chi connectivity index (χ0v) is 19.7. The van der Waals surface area contributed by atoms with Gasteiger partial charge in [-0.25, -0.2) is 0 Å². The molecule has 2 aliphatic carbocycles. The smallest absolute Gasteiger partial charge is 0.191 e. The van der Waals surface area contributed by atoms with Gasteiger partial charge in [0.1, 0.15) is 0 Å². The van der Waals surface area contributed by atoms with Gasteiger partial charge in [0, 0.05) is 52.0 Å². The van der Waals surface area contributed by atoms with E-state index in [1.807, 2.05) is 7.05 Å². The molecule has 2 aliphatic rings. The molecule has 26 heavy (non-hydrogen) atoms. The molecule has 0 aromatic rings. The molecule has 2 fully saturated rings. The second-order valence-corrected chi connectivity index (χ2v) is 8.07. The van der Waals surface area contributed by atoms with Crippen LogP contribution in [0.15, 0.2) is 4.99 Å². The highest BCUT2D eigenvalue weighted by molar-refractivity contribution is 14.0. The van der Waals surface area contributed by atoms with Gasteiger partial charge in [-0.2, -0.15) is 0 Å². The Balaban J connectivity index is 0.00000338. The first-order valence-corrected chi connectivity index (χ1v) is 10.4. The highest BCUT2D eigenvalue weighted by atomic mass is 127. The Morgan fingerprint density at radius 2 is 1.92 bits per heavy atom. The van der Waals surface area contributed by atoms with Gasteiger partial charge < -0.3 is 15.4 Å². The van der Waals surface area contributed by atoms with Crippen molar-refractivity contribution >= 4 is 29.9 Å². The van der Waals surface area contributed by atoms with E-state index in [0.717, 1.165) is 51.3 Å². The summed E-state index contributed by atoms with van der Waals surface area (Å²) in [5, 5.41) is 7.10. The monoisotopic (exact) mass is 480 g/mol. The molecule has 0 aromatic carbocycles. The summed E-state index contributed by atoms with van der Waals surface area (Å²) in [5.41, 5.74) is 0.394. The fourth-order valence-electron chi connectivity index (χ4n) is 4.14. The number of ether oxygens (including phenoxy) is 1. The van der Waals surface area contributed by atoms with Crippen molar-refractivity contribution < 1.29 is 4.74 Å². The maximum absolute atomic E-state index is 5.62. The van der Waals surface area contributed by atoms with Crippen molar-refractivity contribution in [3.8, 4) is 0 Å². The summed E-state index contributed by atoms with van der Waals surface area (Å²) < 4.78 is 5.62. The van der Waals surface area contributed by atoms with Crippen LogP contribution in [0.1, 0.15) is 65.7 Å². The van der Waals surface area contributed by atoms with Crippen molar-refractivity contribution in [2.45, 2.75) is 77.8 Å². The second-order valence-electron chi connectivity index (χ2n) is 8.07. The number of nitrogens with zero attached hydrogens (tertiary/aromatic N) is 2. The lowest BCUT2D eigenvalue weighted by Gasteiger charge is -2.30. The normalized spacial score (nSPS) is 19.7. The summed E-state index contributed by atoms with van der Waals surface area (Å²) in [6.07, 6.45) is 9.23. The van der Waals surface area contributed by atoms with Crippen molar-refractivity contribution in [1.82, 2.24) is 15.5 Å². The Morgan fingerprint density at radius 3 is 2.46 bits per heavy atom. The van der Waals surface area contributed by atoms with Crippen LogP contribution in [-0.4, -0.2) is 62.8 Å². The van der Waals surface area contributed by atoms with E-state index >= 15 is 0 Å². The lowest BCUT2D eigenvalue weighted by Crippen LogP contribution is -2.46. The molecule has 0 heterocycles. The van der Waals surface area contributed by atoms with Crippen LogP contribution in [-0.2, 0) is 4.74 Å². The minimum atomic E-state index is 0. The Labute approximate surface area is 178 Å². The zero-order valence-electron chi connectivity index (χ0n) is 17.4. The van der Waals surface area contributed by atoms with Crippen LogP contribution >= 0.6 is 24.0 Å². The second kappa shape index (κ2) is 12.4. The molecule has 0 bridgehead atoms. The molecule has 154 valence electrons. The third kappa shape index (κ3) is 7.89. The first-order valence-electron chi connectivity index (χ1n) is 10.4. The predicted octanol–water partition coefficient (Wildman–Crippen LogP) is 3.63. The fourth-order valence-corrected chi connectivity index (χ4v) is 4.14. The third-order valence-electron chi connectivity index (χ3n) is 5.84. The van der Waals surface area contributed by atoms with Gasteiger partial charge in [0.2, 0.25) is 0 Å². The topological polar surface area (TPSA) is 48.9 Å². The average molecular weight is 480 g/mol. The Morgan fingerprint density at radius 1 is 1.23 bits per heavy atom. The Kier molecular flexibility index (Phi) is 11.4. The van der Waals surface area contributed by atoms with Gasteiger partial charge in [-0.3, -0.25) is 9.89 Å². The van der Waals surface area contributed by atoms with E-state index in [-0.39, 0.29) is 24.0 Å². The minimum Gasteiger partial charge on any atom is -0.382 e. The number of halogens is 1. The number of hydrogen-bond donors (Lipinski definition) is 2. The summed E-state index contributed by atoms with van der Waals surface area (Å²) in [6, 6.07) is 1.45. The standard InChI is InChI=1S/C20H40N4O.HI/c1-5-25-15-12-20(10-6-7-11-20)16-23-19(21-4)22-13-14-24(17(2)3)18-8-9-18;/h17-18H,5-16H2,1-4H3,(H2,21,22,23);1H.